The Morgan fingerprint density at radius 2 is 0.831 bits per heavy atom. The largest absolute Gasteiger partial charge is 0.310 e. The van der Waals surface area contributed by atoms with Gasteiger partial charge in [0.25, 0.3) is 0 Å². The van der Waals surface area contributed by atoms with Crippen LogP contribution in [0, 0.1) is 0 Å². The van der Waals surface area contributed by atoms with Gasteiger partial charge in [-0.05, 0) is 131 Å². The van der Waals surface area contributed by atoms with Crippen LogP contribution >= 0.6 is 11.3 Å². The normalized spacial score (nSPS) is 13.0. The Balaban J connectivity index is 1.04. The monoisotopic (exact) mass is 841 g/mol. The van der Waals surface area contributed by atoms with Crippen LogP contribution in [0.25, 0.3) is 86.2 Å². The fraction of sp³-hybridized carbons (Fsp3) is 0.0159. The Kier molecular flexibility index (Phi) is 7.84. The molecule has 1 heterocycles. The summed E-state index contributed by atoms with van der Waals surface area (Å²) in [5.41, 5.74) is 18.4. The highest BCUT2D eigenvalue weighted by Gasteiger charge is 2.51. The Morgan fingerprint density at radius 3 is 1.52 bits per heavy atom. The molecule has 0 radical (unpaired) electrons. The van der Waals surface area contributed by atoms with Gasteiger partial charge in [0.1, 0.15) is 0 Å². The zero-order valence-electron chi connectivity index (χ0n) is 35.4. The van der Waals surface area contributed by atoms with E-state index in [1.165, 1.54) is 108 Å². The minimum absolute atomic E-state index is 0.459. The number of benzene rings is 11. The standard InChI is InChI=1S/C63H39NS/c1-3-15-44-37-46(30-27-40(44)13-1)42-25-28-43(29-26-42)61-58(35-36-60-62(61)53-20-8-12-24-59(53)65-60)64(47-32-31-41-14-2-4-16-45(41)38-47)48-33-34-52-51-19-7-11-23-56(51)63(57(52)39-48)54-21-9-5-17-49(54)50-18-6-10-22-55(50)63/h1-39H. The van der Waals surface area contributed by atoms with Gasteiger partial charge in [-0.2, -0.15) is 0 Å². The van der Waals surface area contributed by atoms with Gasteiger partial charge in [0.05, 0.1) is 11.1 Å². The van der Waals surface area contributed by atoms with Crippen molar-refractivity contribution in [2.75, 3.05) is 4.90 Å². The lowest BCUT2D eigenvalue weighted by Crippen LogP contribution is -2.26. The summed E-state index contributed by atoms with van der Waals surface area (Å²) in [4.78, 5) is 2.54. The number of rotatable bonds is 5. The van der Waals surface area contributed by atoms with Gasteiger partial charge < -0.3 is 4.90 Å². The lowest BCUT2D eigenvalue weighted by atomic mass is 9.70. The first-order valence-electron chi connectivity index (χ1n) is 22.5. The summed E-state index contributed by atoms with van der Waals surface area (Å²) in [6, 6.07) is 88.6. The molecule has 65 heavy (non-hydrogen) atoms. The van der Waals surface area contributed by atoms with E-state index in [9.17, 15) is 0 Å². The maximum atomic E-state index is 2.54. The molecular weight excluding hydrogens is 803 g/mol. The minimum atomic E-state index is -0.459. The third-order valence-electron chi connectivity index (χ3n) is 14.2. The summed E-state index contributed by atoms with van der Waals surface area (Å²) in [5.74, 6) is 0. The summed E-state index contributed by atoms with van der Waals surface area (Å²) >= 11 is 1.88. The van der Waals surface area contributed by atoms with Crippen LogP contribution in [0.1, 0.15) is 22.3 Å². The Labute approximate surface area is 381 Å². The molecular formula is C63H39NS. The smallest absolute Gasteiger partial charge is 0.0726 e. The lowest BCUT2D eigenvalue weighted by molar-refractivity contribution is 0.793. The van der Waals surface area contributed by atoms with Crippen molar-refractivity contribution in [3.8, 4) is 44.5 Å². The zero-order chi connectivity index (χ0) is 42.6. The summed E-state index contributed by atoms with van der Waals surface area (Å²) in [6.07, 6.45) is 0. The fourth-order valence-electron chi connectivity index (χ4n) is 11.4. The Morgan fingerprint density at radius 1 is 0.323 bits per heavy atom. The van der Waals surface area contributed by atoms with Crippen LogP contribution in [-0.2, 0) is 5.41 Å². The Hall–Kier alpha value is -8.04. The Bertz CT molecular complexity index is 3850. The summed E-state index contributed by atoms with van der Waals surface area (Å²) in [7, 11) is 0. The summed E-state index contributed by atoms with van der Waals surface area (Å²) < 4.78 is 2.58. The molecule has 0 N–H and O–H groups in total. The second kappa shape index (κ2) is 14.0. The maximum absolute atomic E-state index is 2.54. The summed E-state index contributed by atoms with van der Waals surface area (Å²) in [6.45, 7) is 0. The van der Waals surface area contributed by atoms with Gasteiger partial charge >= 0.3 is 0 Å². The highest BCUT2D eigenvalue weighted by molar-refractivity contribution is 7.26. The zero-order valence-corrected chi connectivity index (χ0v) is 36.2. The van der Waals surface area contributed by atoms with Crippen LogP contribution in [-0.4, -0.2) is 0 Å². The topological polar surface area (TPSA) is 3.24 Å². The molecule has 302 valence electrons. The molecule has 1 nitrogen and oxygen atoms in total. The lowest BCUT2D eigenvalue weighted by Gasteiger charge is -2.33. The molecule has 2 heteroatoms. The number of fused-ring (bicyclic) bond motifs is 15. The van der Waals surface area contributed by atoms with Crippen molar-refractivity contribution < 1.29 is 0 Å². The average molecular weight is 842 g/mol. The van der Waals surface area contributed by atoms with Crippen LogP contribution in [0.15, 0.2) is 237 Å². The minimum Gasteiger partial charge on any atom is -0.310 e. The maximum Gasteiger partial charge on any atom is 0.0726 e. The predicted octanol–water partition coefficient (Wildman–Crippen LogP) is 17.5. The van der Waals surface area contributed by atoms with E-state index in [1.54, 1.807) is 0 Å². The quantitative estimate of drug-likeness (QED) is 0.167. The van der Waals surface area contributed by atoms with Crippen LogP contribution in [0.4, 0.5) is 17.1 Å². The van der Waals surface area contributed by atoms with Crippen molar-refractivity contribution in [3.05, 3.63) is 259 Å². The van der Waals surface area contributed by atoms with Crippen molar-refractivity contribution in [3.63, 3.8) is 0 Å². The second-order valence-corrected chi connectivity index (χ2v) is 18.6. The predicted molar refractivity (Wildman–Crippen MR) is 276 cm³/mol. The van der Waals surface area contributed by atoms with E-state index < -0.39 is 5.41 Å². The van der Waals surface area contributed by atoms with Gasteiger partial charge in [-0.25, -0.2) is 0 Å². The molecule has 0 bridgehead atoms. The highest BCUT2D eigenvalue weighted by Crippen LogP contribution is 2.63. The van der Waals surface area contributed by atoms with E-state index in [0.717, 1.165) is 17.1 Å². The first kappa shape index (κ1) is 36.4. The van der Waals surface area contributed by atoms with Gasteiger partial charge in [0.2, 0.25) is 0 Å². The molecule has 0 aliphatic heterocycles. The van der Waals surface area contributed by atoms with Gasteiger partial charge in [-0.1, -0.05) is 188 Å². The van der Waals surface area contributed by atoms with Crippen molar-refractivity contribution in [1.29, 1.82) is 0 Å². The first-order chi connectivity index (χ1) is 32.2. The second-order valence-electron chi connectivity index (χ2n) is 17.6. The van der Waals surface area contributed by atoms with Crippen molar-refractivity contribution in [1.82, 2.24) is 0 Å². The number of hydrogen-bond acceptors (Lipinski definition) is 2. The molecule has 2 aliphatic rings. The van der Waals surface area contributed by atoms with Crippen molar-refractivity contribution in [2.24, 2.45) is 0 Å². The third-order valence-corrected chi connectivity index (χ3v) is 15.4. The SMILES string of the molecule is c1ccc2c(c1)-c1ccccc1C21c2ccccc2-c2ccc(N(c3ccc4ccccc4c3)c3ccc4sc5ccccc5c4c3-c3ccc(-c4ccc5ccccc5c4)cc3)cc21. The number of nitrogens with zero attached hydrogens (tertiary/aromatic N) is 1. The van der Waals surface area contributed by atoms with Gasteiger partial charge in [-0.15, -0.1) is 11.3 Å². The van der Waals surface area contributed by atoms with Gasteiger partial charge in [0, 0.05) is 37.1 Å². The highest BCUT2D eigenvalue weighted by atomic mass is 32.1. The number of anilines is 3. The molecule has 1 aromatic heterocycles. The van der Waals surface area contributed by atoms with Crippen molar-refractivity contribution >= 4 is 70.1 Å². The van der Waals surface area contributed by atoms with E-state index >= 15 is 0 Å². The van der Waals surface area contributed by atoms with E-state index in [1.807, 2.05) is 11.3 Å². The van der Waals surface area contributed by atoms with E-state index in [4.69, 9.17) is 0 Å². The first-order valence-corrected chi connectivity index (χ1v) is 23.3. The van der Waals surface area contributed by atoms with Crippen LogP contribution in [0.5, 0.6) is 0 Å². The number of thiophene rings is 1. The van der Waals surface area contributed by atoms with Crippen LogP contribution in [0.3, 0.4) is 0 Å². The van der Waals surface area contributed by atoms with Gasteiger partial charge in [0.15, 0.2) is 0 Å². The molecule has 0 fully saturated rings. The molecule has 0 amide bonds. The number of hydrogen-bond donors (Lipinski definition) is 0. The molecule has 0 unspecified atom stereocenters. The third kappa shape index (κ3) is 5.26. The molecule has 14 rings (SSSR count). The van der Waals surface area contributed by atoms with E-state index in [0.29, 0.717) is 0 Å². The molecule has 12 aromatic rings. The van der Waals surface area contributed by atoms with E-state index in [-0.39, 0.29) is 0 Å². The molecule has 1 spiro atoms. The van der Waals surface area contributed by atoms with Crippen LogP contribution in [0.2, 0.25) is 0 Å². The molecule has 11 aromatic carbocycles. The molecule has 2 aliphatic carbocycles. The average Bonchev–Trinajstić information content (AvgIpc) is 4.00. The fourth-order valence-corrected chi connectivity index (χ4v) is 12.6. The molecule has 0 atom stereocenters. The summed E-state index contributed by atoms with van der Waals surface area (Å²) in [5, 5.41) is 7.51. The van der Waals surface area contributed by atoms with Crippen LogP contribution < -0.4 is 4.90 Å². The molecule has 0 saturated carbocycles. The van der Waals surface area contributed by atoms with Crippen molar-refractivity contribution in [2.45, 2.75) is 5.41 Å². The van der Waals surface area contributed by atoms with Gasteiger partial charge in [-0.3, -0.25) is 0 Å². The van der Waals surface area contributed by atoms with E-state index in [2.05, 4.69) is 241 Å². The molecule has 0 saturated heterocycles.